The summed E-state index contributed by atoms with van der Waals surface area (Å²) in [5.74, 6) is 0.907. The lowest BCUT2D eigenvalue weighted by atomic mass is 10.1. The molecule has 0 spiro atoms. The lowest BCUT2D eigenvalue weighted by Crippen LogP contribution is -2.01. The number of aryl methyl sites for hydroxylation is 1. The molecule has 2 rings (SSSR count). The van der Waals surface area contributed by atoms with Crippen LogP contribution in [0.15, 0.2) is 40.9 Å². The number of benzene rings is 2. The van der Waals surface area contributed by atoms with Crippen LogP contribution in [0, 0.1) is 6.92 Å². The van der Waals surface area contributed by atoms with Gasteiger partial charge in [0.15, 0.2) is 0 Å². The monoisotopic (exact) mass is 353 g/mol. The summed E-state index contributed by atoms with van der Waals surface area (Å²) in [6, 6.07) is 12.0. The first-order valence-corrected chi connectivity index (χ1v) is 7.68. The Balaban J connectivity index is 2.05. The zero-order valence-corrected chi connectivity index (χ0v) is 13.9. The van der Waals surface area contributed by atoms with Gasteiger partial charge < -0.3 is 10.1 Å². The van der Waals surface area contributed by atoms with Gasteiger partial charge in [-0.2, -0.15) is 0 Å². The molecular formula is C16H17BrClNO. The molecule has 0 fully saturated rings. The van der Waals surface area contributed by atoms with Gasteiger partial charge in [0.1, 0.15) is 5.75 Å². The van der Waals surface area contributed by atoms with Gasteiger partial charge >= 0.3 is 0 Å². The molecule has 0 amide bonds. The second kappa shape index (κ2) is 7.00. The molecule has 0 aliphatic heterocycles. The van der Waals surface area contributed by atoms with Crippen molar-refractivity contribution in [1.82, 2.24) is 0 Å². The van der Waals surface area contributed by atoms with Gasteiger partial charge in [-0.1, -0.05) is 17.7 Å². The van der Waals surface area contributed by atoms with Crippen molar-refractivity contribution in [2.75, 3.05) is 11.9 Å². The second-order valence-corrected chi connectivity index (χ2v) is 5.77. The fraction of sp³-hybridized carbons (Fsp3) is 0.250. The van der Waals surface area contributed by atoms with Gasteiger partial charge in [-0.3, -0.25) is 0 Å². The lowest BCUT2D eigenvalue weighted by Gasteiger charge is -2.12. The fourth-order valence-corrected chi connectivity index (χ4v) is 2.48. The molecule has 0 aliphatic carbocycles. The van der Waals surface area contributed by atoms with Crippen molar-refractivity contribution >= 4 is 33.2 Å². The Kier molecular flexibility index (Phi) is 5.32. The Morgan fingerprint density at radius 3 is 2.65 bits per heavy atom. The molecule has 0 aliphatic rings. The van der Waals surface area contributed by atoms with Crippen LogP contribution in [0.3, 0.4) is 0 Å². The maximum absolute atomic E-state index is 5.99. The molecule has 0 heterocycles. The average Bonchev–Trinajstić information content (AvgIpc) is 2.42. The molecule has 2 aromatic rings. The standard InChI is InChI=1S/C16H17BrClNO/c1-3-20-13-5-7-16(11(2)8-13)19-10-12-4-6-15(18)14(17)9-12/h4-9,19H,3,10H2,1-2H3. The quantitative estimate of drug-likeness (QED) is 0.774. The van der Waals surface area contributed by atoms with Crippen molar-refractivity contribution in [2.24, 2.45) is 0 Å². The number of rotatable bonds is 5. The van der Waals surface area contributed by atoms with Crippen molar-refractivity contribution in [3.8, 4) is 5.75 Å². The highest BCUT2D eigenvalue weighted by Gasteiger charge is 2.02. The van der Waals surface area contributed by atoms with Crippen molar-refractivity contribution in [3.05, 3.63) is 57.0 Å². The van der Waals surface area contributed by atoms with Crippen molar-refractivity contribution in [3.63, 3.8) is 0 Å². The molecule has 1 N–H and O–H groups in total. The Morgan fingerprint density at radius 1 is 1.20 bits per heavy atom. The number of anilines is 1. The summed E-state index contributed by atoms with van der Waals surface area (Å²) in [7, 11) is 0. The topological polar surface area (TPSA) is 21.3 Å². The van der Waals surface area contributed by atoms with Crippen LogP contribution < -0.4 is 10.1 Å². The van der Waals surface area contributed by atoms with E-state index in [0.29, 0.717) is 6.61 Å². The highest BCUT2D eigenvalue weighted by atomic mass is 79.9. The van der Waals surface area contributed by atoms with Crippen LogP contribution in [0.25, 0.3) is 0 Å². The molecule has 20 heavy (non-hydrogen) atoms. The summed E-state index contributed by atoms with van der Waals surface area (Å²) in [5, 5.41) is 4.15. The summed E-state index contributed by atoms with van der Waals surface area (Å²) < 4.78 is 6.40. The molecule has 0 aromatic heterocycles. The van der Waals surface area contributed by atoms with Gasteiger partial charge in [-0.25, -0.2) is 0 Å². The van der Waals surface area contributed by atoms with Gasteiger partial charge in [0.25, 0.3) is 0 Å². The van der Waals surface area contributed by atoms with E-state index in [4.69, 9.17) is 16.3 Å². The van der Waals surface area contributed by atoms with Crippen molar-refractivity contribution in [2.45, 2.75) is 20.4 Å². The smallest absolute Gasteiger partial charge is 0.119 e. The van der Waals surface area contributed by atoms with Crippen molar-refractivity contribution < 1.29 is 4.74 Å². The van der Waals surface area contributed by atoms with E-state index in [-0.39, 0.29) is 0 Å². The molecular weight excluding hydrogens is 338 g/mol. The van der Waals surface area contributed by atoms with E-state index in [1.54, 1.807) is 0 Å². The summed E-state index contributed by atoms with van der Waals surface area (Å²) in [5.41, 5.74) is 3.46. The van der Waals surface area contributed by atoms with Gasteiger partial charge in [0.2, 0.25) is 0 Å². The van der Waals surface area contributed by atoms with Crippen LogP contribution in [0.2, 0.25) is 5.02 Å². The minimum atomic E-state index is 0.686. The first kappa shape index (κ1) is 15.2. The lowest BCUT2D eigenvalue weighted by molar-refractivity contribution is 0.340. The number of hydrogen-bond donors (Lipinski definition) is 1. The van der Waals surface area contributed by atoms with Crippen molar-refractivity contribution in [1.29, 1.82) is 0 Å². The molecule has 4 heteroatoms. The maximum atomic E-state index is 5.99. The highest BCUT2D eigenvalue weighted by Crippen LogP contribution is 2.25. The Labute approximate surface area is 133 Å². The minimum absolute atomic E-state index is 0.686. The first-order valence-electron chi connectivity index (χ1n) is 6.51. The number of halogens is 2. The minimum Gasteiger partial charge on any atom is -0.494 e. The summed E-state index contributed by atoms with van der Waals surface area (Å²) in [6.07, 6.45) is 0. The molecule has 0 saturated heterocycles. The van der Waals surface area contributed by atoms with E-state index < -0.39 is 0 Å². The highest BCUT2D eigenvalue weighted by molar-refractivity contribution is 9.10. The maximum Gasteiger partial charge on any atom is 0.119 e. The zero-order chi connectivity index (χ0) is 14.5. The van der Waals surface area contributed by atoms with E-state index >= 15 is 0 Å². The Hall–Kier alpha value is -1.19. The molecule has 2 nitrogen and oxygen atoms in total. The van der Waals surface area contributed by atoms with E-state index in [9.17, 15) is 0 Å². The summed E-state index contributed by atoms with van der Waals surface area (Å²) in [4.78, 5) is 0. The average molecular weight is 355 g/mol. The van der Waals surface area contributed by atoms with E-state index in [0.717, 1.165) is 27.5 Å². The third kappa shape index (κ3) is 3.90. The molecule has 0 atom stereocenters. The third-order valence-electron chi connectivity index (χ3n) is 2.98. The first-order chi connectivity index (χ1) is 9.60. The Bertz CT molecular complexity index is 601. The molecule has 0 bridgehead atoms. The molecule has 106 valence electrons. The van der Waals surface area contributed by atoms with Crippen LogP contribution in [-0.2, 0) is 6.54 Å². The number of nitrogens with one attached hydrogen (secondary N) is 1. The van der Waals surface area contributed by atoms with Crippen LogP contribution in [0.1, 0.15) is 18.1 Å². The number of ether oxygens (including phenoxy) is 1. The molecule has 0 unspecified atom stereocenters. The van der Waals surface area contributed by atoms with Crippen LogP contribution >= 0.6 is 27.5 Å². The SMILES string of the molecule is CCOc1ccc(NCc2ccc(Cl)c(Br)c2)c(C)c1. The largest absolute Gasteiger partial charge is 0.494 e. The fourth-order valence-electron chi connectivity index (χ4n) is 1.94. The van der Waals surface area contributed by atoms with E-state index in [1.807, 2.05) is 43.3 Å². The van der Waals surface area contributed by atoms with E-state index in [2.05, 4.69) is 28.2 Å². The van der Waals surface area contributed by atoms with Crippen LogP contribution in [-0.4, -0.2) is 6.61 Å². The van der Waals surface area contributed by atoms with Gasteiger partial charge in [-0.15, -0.1) is 0 Å². The predicted molar refractivity (Wildman–Crippen MR) is 88.8 cm³/mol. The van der Waals surface area contributed by atoms with Gasteiger partial charge in [0.05, 0.1) is 11.6 Å². The zero-order valence-electron chi connectivity index (χ0n) is 11.5. The normalized spacial score (nSPS) is 10.4. The van der Waals surface area contributed by atoms with Crippen LogP contribution in [0.5, 0.6) is 5.75 Å². The van der Waals surface area contributed by atoms with Crippen LogP contribution in [0.4, 0.5) is 5.69 Å². The number of hydrogen-bond acceptors (Lipinski definition) is 2. The Morgan fingerprint density at radius 2 is 2.00 bits per heavy atom. The molecule has 0 radical (unpaired) electrons. The van der Waals surface area contributed by atoms with Gasteiger partial charge in [-0.05, 0) is 71.2 Å². The molecule has 0 saturated carbocycles. The van der Waals surface area contributed by atoms with E-state index in [1.165, 1.54) is 11.1 Å². The summed E-state index contributed by atoms with van der Waals surface area (Å²) in [6.45, 7) is 5.50. The third-order valence-corrected chi connectivity index (χ3v) is 4.19. The molecule has 2 aromatic carbocycles. The second-order valence-electron chi connectivity index (χ2n) is 4.51. The predicted octanol–water partition coefficient (Wildman–Crippen LogP) is 5.42. The summed E-state index contributed by atoms with van der Waals surface area (Å²) >= 11 is 9.43. The van der Waals surface area contributed by atoms with Gasteiger partial charge in [0, 0.05) is 16.7 Å².